The van der Waals surface area contributed by atoms with Gasteiger partial charge in [-0.25, -0.2) is 18.9 Å². The zero-order valence-electron chi connectivity index (χ0n) is 10.5. The molecule has 7 heteroatoms. The highest BCUT2D eigenvalue weighted by molar-refractivity contribution is 5.27. The Hall–Kier alpha value is -1.86. The number of benzene rings is 1. The number of aryl methyl sites for hydroxylation is 1. The first-order valence-electron chi connectivity index (χ1n) is 5.96. The Bertz CT molecular complexity index is 535. The van der Waals surface area contributed by atoms with Crippen LogP contribution in [0.3, 0.4) is 0 Å². The van der Waals surface area contributed by atoms with Gasteiger partial charge >= 0.3 is 0 Å². The molecule has 2 rings (SSSR count). The van der Waals surface area contributed by atoms with E-state index in [0.717, 1.165) is 12.5 Å². The van der Waals surface area contributed by atoms with Crippen LogP contribution in [0.15, 0.2) is 24.4 Å². The molecule has 3 N–H and O–H groups in total. The average Bonchev–Trinajstić information content (AvgIpc) is 2.78. The quantitative estimate of drug-likeness (QED) is 0.636. The summed E-state index contributed by atoms with van der Waals surface area (Å²) in [6.07, 6.45) is 2.40. The fraction of sp³-hybridized carbons (Fsp3) is 0.333. The molecule has 1 aromatic heterocycles. The lowest BCUT2D eigenvalue weighted by atomic mass is 10.0. The van der Waals surface area contributed by atoms with Crippen molar-refractivity contribution in [3.63, 3.8) is 0 Å². The van der Waals surface area contributed by atoms with Gasteiger partial charge < -0.3 is 0 Å². The largest absolute Gasteiger partial charge is 0.271 e. The fourth-order valence-corrected chi connectivity index (χ4v) is 1.97. The van der Waals surface area contributed by atoms with Crippen molar-refractivity contribution in [3.8, 4) is 0 Å². The Morgan fingerprint density at radius 1 is 1.32 bits per heavy atom. The van der Waals surface area contributed by atoms with Crippen LogP contribution in [0, 0.1) is 11.6 Å². The van der Waals surface area contributed by atoms with Gasteiger partial charge in [0.1, 0.15) is 11.6 Å². The lowest BCUT2D eigenvalue weighted by Crippen LogP contribution is -2.31. The maximum absolute atomic E-state index is 13.3. The van der Waals surface area contributed by atoms with E-state index in [2.05, 4.69) is 15.7 Å². The highest BCUT2D eigenvalue weighted by atomic mass is 19.1. The number of halogens is 2. The molecule has 19 heavy (non-hydrogen) atoms. The first kappa shape index (κ1) is 13.6. The van der Waals surface area contributed by atoms with E-state index < -0.39 is 17.7 Å². The molecule has 0 saturated heterocycles. The molecule has 1 heterocycles. The summed E-state index contributed by atoms with van der Waals surface area (Å²) in [5.74, 6) is 4.20. The second-order valence-corrected chi connectivity index (χ2v) is 4.18. The van der Waals surface area contributed by atoms with Gasteiger partial charge in [0.25, 0.3) is 0 Å². The Morgan fingerprint density at radius 3 is 2.58 bits per heavy atom. The molecule has 0 bridgehead atoms. The molecule has 1 atom stereocenters. The van der Waals surface area contributed by atoms with E-state index >= 15 is 0 Å². The molecule has 1 aromatic carbocycles. The van der Waals surface area contributed by atoms with Gasteiger partial charge in [0, 0.05) is 12.6 Å². The van der Waals surface area contributed by atoms with Gasteiger partial charge in [-0.1, -0.05) is 12.1 Å². The molecule has 0 spiro atoms. The third kappa shape index (κ3) is 2.94. The number of rotatable bonds is 5. The van der Waals surface area contributed by atoms with Gasteiger partial charge in [0.15, 0.2) is 0 Å². The first-order valence-corrected chi connectivity index (χ1v) is 5.96. The van der Waals surface area contributed by atoms with Gasteiger partial charge in [-0.3, -0.25) is 5.84 Å². The molecule has 0 fully saturated rings. The second-order valence-electron chi connectivity index (χ2n) is 4.18. The lowest BCUT2D eigenvalue weighted by Gasteiger charge is -2.17. The number of hydrogen-bond acceptors (Lipinski definition) is 4. The summed E-state index contributed by atoms with van der Waals surface area (Å²) in [4.78, 5) is 0. The number of aromatic nitrogens is 3. The lowest BCUT2D eigenvalue weighted by molar-refractivity contribution is 0.506. The van der Waals surface area contributed by atoms with Crippen LogP contribution >= 0.6 is 0 Å². The van der Waals surface area contributed by atoms with Crippen molar-refractivity contribution in [2.24, 2.45) is 5.84 Å². The van der Waals surface area contributed by atoms with Crippen molar-refractivity contribution < 1.29 is 8.78 Å². The fourth-order valence-electron chi connectivity index (χ4n) is 1.97. The summed E-state index contributed by atoms with van der Waals surface area (Å²) < 4.78 is 28.2. The van der Waals surface area contributed by atoms with Gasteiger partial charge in [-0.2, -0.15) is 0 Å². The standard InChI is InChI=1S/C12H15F2N5/c1-2-3-19-11(7-16-18-19)12(17-15)8-4-9(13)6-10(14)5-8/h4-7,12,17H,2-3,15H2,1H3. The molecule has 0 saturated carbocycles. The van der Waals surface area contributed by atoms with Crippen LogP contribution in [0.25, 0.3) is 0 Å². The summed E-state index contributed by atoms with van der Waals surface area (Å²) in [7, 11) is 0. The first-order chi connectivity index (χ1) is 9.15. The van der Waals surface area contributed by atoms with Crippen molar-refractivity contribution >= 4 is 0 Å². The van der Waals surface area contributed by atoms with Crippen LogP contribution in [0.1, 0.15) is 30.6 Å². The normalized spacial score (nSPS) is 12.6. The van der Waals surface area contributed by atoms with Gasteiger partial charge in [0.2, 0.25) is 0 Å². The number of hydrazine groups is 1. The molecule has 0 amide bonds. The smallest absolute Gasteiger partial charge is 0.126 e. The van der Waals surface area contributed by atoms with Crippen molar-refractivity contribution in [3.05, 3.63) is 47.3 Å². The molecule has 0 radical (unpaired) electrons. The zero-order valence-corrected chi connectivity index (χ0v) is 10.5. The van der Waals surface area contributed by atoms with E-state index in [1.807, 2.05) is 6.92 Å². The van der Waals surface area contributed by atoms with Crippen LogP contribution in [0.4, 0.5) is 8.78 Å². The van der Waals surface area contributed by atoms with Gasteiger partial charge in [-0.15, -0.1) is 5.10 Å². The SMILES string of the molecule is CCCn1nncc1C(NN)c1cc(F)cc(F)c1. The number of nitrogens with two attached hydrogens (primary N) is 1. The molecule has 0 aliphatic carbocycles. The Morgan fingerprint density at radius 2 is 2.00 bits per heavy atom. The maximum atomic E-state index is 13.3. The van der Waals surface area contributed by atoms with Gasteiger partial charge in [-0.05, 0) is 24.1 Å². The Balaban J connectivity index is 2.40. The van der Waals surface area contributed by atoms with Crippen LogP contribution in [0.2, 0.25) is 0 Å². The van der Waals surface area contributed by atoms with E-state index in [-0.39, 0.29) is 0 Å². The number of nitrogens with zero attached hydrogens (tertiary/aromatic N) is 3. The van der Waals surface area contributed by atoms with E-state index in [0.29, 0.717) is 17.8 Å². The zero-order chi connectivity index (χ0) is 13.8. The Labute approximate surface area is 109 Å². The van der Waals surface area contributed by atoms with Crippen LogP contribution < -0.4 is 11.3 Å². The van der Waals surface area contributed by atoms with Crippen LogP contribution in [-0.2, 0) is 6.54 Å². The predicted octanol–water partition coefficient (Wildman–Crippen LogP) is 1.52. The van der Waals surface area contributed by atoms with E-state index in [4.69, 9.17) is 5.84 Å². The minimum atomic E-state index is -0.648. The summed E-state index contributed by atoms with van der Waals surface area (Å²) in [6.45, 7) is 2.66. The van der Waals surface area contributed by atoms with E-state index in [9.17, 15) is 8.78 Å². The average molecular weight is 267 g/mol. The molecule has 1 unspecified atom stereocenters. The summed E-state index contributed by atoms with van der Waals surface area (Å²) in [6, 6.07) is 2.72. The van der Waals surface area contributed by atoms with Gasteiger partial charge in [0.05, 0.1) is 17.9 Å². The maximum Gasteiger partial charge on any atom is 0.126 e. The molecular formula is C12H15F2N5. The summed E-state index contributed by atoms with van der Waals surface area (Å²) in [5, 5.41) is 7.74. The number of hydrogen-bond donors (Lipinski definition) is 2. The second kappa shape index (κ2) is 5.85. The van der Waals surface area contributed by atoms with E-state index in [1.165, 1.54) is 18.3 Å². The van der Waals surface area contributed by atoms with Crippen molar-refractivity contribution in [2.45, 2.75) is 25.9 Å². The molecule has 0 aliphatic rings. The topological polar surface area (TPSA) is 68.8 Å². The predicted molar refractivity (Wildman–Crippen MR) is 65.8 cm³/mol. The molecule has 5 nitrogen and oxygen atoms in total. The minimum Gasteiger partial charge on any atom is -0.271 e. The van der Waals surface area contributed by atoms with Crippen molar-refractivity contribution in [1.82, 2.24) is 20.4 Å². The van der Waals surface area contributed by atoms with Crippen molar-refractivity contribution in [2.75, 3.05) is 0 Å². The van der Waals surface area contributed by atoms with Crippen LogP contribution in [0.5, 0.6) is 0 Å². The third-order valence-electron chi connectivity index (χ3n) is 2.76. The molecule has 0 aliphatic heterocycles. The third-order valence-corrected chi connectivity index (χ3v) is 2.76. The molecular weight excluding hydrogens is 252 g/mol. The number of nitrogens with one attached hydrogen (secondary N) is 1. The van der Waals surface area contributed by atoms with Crippen LogP contribution in [-0.4, -0.2) is 15.0 Å². The van der Waals surface area contributed by atoms with Crippen molar-refractivity contribution in [1.29, 1.82) is 0 Å². The summed E-state index contributed by atoms with van der Waals surface area (Å²) >= 11 is 0. The molecule has 2 aromatic rings. The molecule has 102 valence electrons. The Kier molecular flexibility index (Phi) is 4.18. The van der Waals surface area contributed by atoms with E-state index in [1.54, 1.807) is 4.68 Å². The highest BCUT2D eigenvalue weighted by Gasteiger charge is 2.19. The minimum absolute atomic E-state index is 0.389. The monoisotopic (exact) mass is 267 g/mol. The summed E-state index contributed by atoms with van der Waals surface area (Å²) in [5.41, 5.74) is 3.59. The highest BCUT2D eigenvalue weighted by Crippen LogP contribution is 2.22.